The molecular formula is C19H17ClN7O+. The van der Waals surface area contributed by atoms with Crippen LogP contribution < -0.4 is 15.6 Å². The van der Waals surface area contributed by atoms with Crippen LogP contribution in [0.4, 0.5) is 17.2 Å². The number of hydrogen-bond acceptors (Lipinski definition) is 5. The summed E-state index contributed by atoms with van der Waals surface area (Å²) in [4.78, 5) is 30.9. The largest absolute Gasteiger partial charge is 0.340 e. The van der Waals surface area contributed by atoms with Crippen molar-refractivity contribution < 1.29 is 9.78 Å². The van der Waals surface area contributed by atoms with Crippen LogP contribution in [0.2, 0.25) is 5.02 Å². The van der Waals surface area contributed by atoms with Crippen LogP contribution in [0.1, 0.15) is 12.7 Å². The van der Waals surface area contributed by atoms with E-state index in [0.717, 1.165) is 28.1 Å². The van der Waals surface area contributed by atoms with Crippen molar-refractivity contribution >= 4 is 45.9 Å². The molecule has 4 N–H and O–H groups in total. The van der Waals surface area contributed by atoms with Gasteiger partial charge in [-0.2, -0.15) is 0 Å². The van der Waals surface area contributed by atoms with Crippen molar-refractivity contribution in [3.8, 4) is 11.3 Å². The molecule has 0 fully saturated rings. The van der Waals surface area contributed by atoms with E-state index in [9.17, 15) is 4.79 Å². The van der Waals surface area contributed by atoms with Crippen molar-refractivity contribution in [2.45, 2.75) is 13.8 Å². The highest BCUT2D eigenvalue weighted by Crippen LogP contribution is 2.32. The number of anilines is 3. The number of benzene rings is 1. The first kappa shape index (κ1) is 17.9. The molecule has 9 heteroatoms. The monoisotopic (exact) mass is 394 g/mol. The number of hydrogen-bond donors (Lipinski definition) is 3. The third kappa shape index (κ3) is 3.49. The minimum absolute atomic E-state index is 0.180. The Balaban J connectivity index is 1.74. The van der Waals surface area contributed by atoms with E-state index >= 15 is 0 Å². The van der Waals surface area contributed by atoms with Crippen molar-refractivity contribution in [2.24, 2.45) is 0 Å². The molecule has 0 aliphatic carbocycles. The number of rotatable bonds is 4. The Morgan fingerprint density at radius 2 is 2.11 bits per heavy atom. The number of imidazole rings is 1. The molecule has 4 rings (SSSR count). The summed E-state index contributed by atoms with van der Waals surface area (Å²) in [5.41, 5.74) is 4.35. The average molecular weight is 395 g/mol. The Hall–Kier alpha value is -3.52. The Kier molecular flexibility index (Phi) is 4.62. The number of fused-ring (bicyclic) bond motifs is 1. The van der Waals surface area contributed by atoms with E-state index in [2.05, 4.69) is 35.6 Å². The number of halogens is 1. The topological polar surface area (TPSA) is 110 Å². The van der Waals surface area contributed by atoms with Gasteiger partial charge in [0, 0.05) is 31.3 Å². The standard InChI is InChI=1S/C19H16ClN7O/c1-10-24-16(17-19(25-10)23-9-22-17)13-4-3-7-21-18(13)27-12-5-6-15(14(20)8-12)26-11(2)28/h3-9H,1-2H3,(H,21,27)(H,26,28)(H,22,23,24,25)/p+1. The molecule has 28 heavy (non-hydrogen) atoms. The number of pyridine rings is 1. The molecule has 0 saturated carbocycles. The fourth-order valence-electron chi connectivity index (χ4n) is 2.90. The van der Waals surface area contributed by atoms with E-state index < -0.39 is 0 Å². The Morgan fingerprint density at radius 3 is 2.89 bits per heavy atom. The van der Waals surface area contributed by atoms with Gasteiger partial charge in [-0.15, -0.1) is 0 Å². The van der Waals surface area contributed by atoms with Gasteiger partial charge < -0.3 is 10.6 Å². The molecule has 4 aromatic rings. The lowest BCUT2D eigenvalue weighted by atomic mass is 10.1. The summed E-state index contributed by atoms with van der Waals surface area (Å²) in [6.45, 7) is 3.28. The normalized spacial score (nSPS) is 10.8. The molecule has 0 saturated heterocycles. The third-order valence-corrected chi connectivity index (χ3v) is 4.36. The molecule has 1 aromatic carbocycles. The number of aromatic amines is 2. The maximum atomic E-state index is 11.2. The van der Waals surface area contributed by atoms with Gasteiger partial charge >= 0.3 is 5.65 Å². The minimum atomic E-state index is -0.180. The average Bonchev–Trinajstić information content (AvgIpc) is 3.12. The zero-order valence-corrected chi connectivity index (χ0v) is 15.9. The molecule has 0 atom stereocenters. The quantitative estimate of drug-likeness (QED) is 0.490. The second-order valence-corrected chi connectivity index (χ2v) is 6.58. The number of nitrogens with one attached hydrogen (secondary N) is 4. The highest BCUT2D eigenvalue weighted by atomic mass is 35.5. The molecule has 0 bridgehead atoms. The van der Waals surface area contributed by atoms with Crippen LogP contribution in [-0.4, -0.2) is 25.8 Å². The number of carbonyl (C=O) groups is 1. The molecule has 0 spiro atoms. The van der Waals surface area contributed by atoms with Crippen molar-refractivity contribution in [3.05, 3.63) is 53.7 Å². The van der Waals surface area contributed by atoms with Crippen molar-refractivity contribution in [3.63, 3.8) is 0 Å². The Bertz CT molecular complexity index is 1190. The highest BCUT2D eigenvalue weighted by Gasteiger charge is 2.18. The van der Waals surface area contributed by atoms with E-state index in [1.54, 1.807) is 24.7 Å². The molecule has 0 radical (unpaired) electrons. The predicted molar refractivity (Wildman–Crippen MR) is 107 cm³/mol. The number of amides is 1. The van der Waals surface area contributed by atoms with Crippen LogP contribution in [0.25, 0.3) is 22.4 Å². The third-order valence-electron chi connectivity index (χ3n) is 4.05. The van der Waals surface area contributed by atoms with Crippen LogP contribution in [0.15, 0.2) is 42.9 Å². The number of nitrogens with zero attached hydrogens (tertiary/aromatic N) is 3. The van der Waals surface area contributed by atoms with Gasteiger partial charge in [0.2, 0.25) is 11.7 Å². The summed E-state index contributed by atoms with van der Waals surface area (Å²) in [5.74, 6) is 1.09. The first-order valence-corrected chi connectivity index (χ1v) is 8.92. The van der Waals surface area contributed by atoms with Crippen molar-refractivity contribution in [2.75, 3.05) is 10.6 Å². The molecule has 0 aliphatic rings. The van der Waals surface area contributed by atoms with Gasteiger partial charge in [0.15, 0.2) is 11.8 Å². The second-order valence-electron chi connectivity index (χ2n) is 6.18. The van der Waals surface area contributed by atoms with Crippen LogP contribution in [0.5, 0.6) is 0 Å². The lowest BCUT2D eigenvalue weighted by Crippen LogP contribution is -2.06. The van der Waals surface area contributed by atoms with Gasteiger partial charge in [0.05, 0.1) is 10.7 Å². The first-order valence-electron chi connectivity index (χ1n) is 8.54. The highest BCUT2D eigenvalue weighted by molar-refractivity contribution is 6.34. The first-order chi connectivity index (χ1) is 13.5. The summed E-state index contributed by atoms with van der Waals surface area (Å²) < 4.78 is 0. The molecule has 1 amide bonds. The number of aromatic nitrogens is 5. The Labute approximate surface area is 165 Å². The molecular weight excluding hydrogens is 378 g/mol. The lowest BCUT2D eigenvalue weighted by Gasteiger charge is -2.12. The van der Waals surface area contributed by atoms with Gasteiger partial charge in [-0.1, -0.05) is 16.6 Å². The maximum absolute atomic E-state index is 11.2. The fourth-order valence-corrected chi connectivity index (χ4v) is 3.13. The van der Waals surface area contributed by atoms with E-state index in [0.29, 0.717) is 22.4 Å². The minimum Gasteiger partial charge on any atom is -0.340 e. The van der Waals surface area contributed by atoms with Gasteiger partial charge in [-0.3, -0.25) is 9.78 Å². The lowest BCUT2D eigenvalue weighted by molar-refractivity contribution is -0.347. The number of aryl methyl sites for hydroxylation is 1. The van der Waals surface area contributed by atoms with Crippen molar-refractivity contribution in [1.82, 2.24) is 19.9 Å². The molecule has 0 unspecified atom stereocenters. The summed E-state index contributed by atoms with van der Waals surface area (Å²) in [5, 5.41) is 6.39. The van der Waals surface area contributed by atoms with E-state index in [1.165, 1.54) is 6.92 Å². The summed E-state index contributed by atoms with van der Waals surface area (Å²) in [7, 11) is 0. The molecule has 140 valence electrons. The molecule has 0 aliphatic heterocycles. The maximum Gasteiger partial charge on any atom is 0.303 e. The second kappa shape index (κ2) is 7.24. The van der Waals surface area contributed by atoms with Crippen LogP contribution in [0, 0.1) is 6.92 Å². The van der Waals surface area contributed by atoms with E-state index in [1.807, 2.05) is 25.1 Å². The molecule has 8 nitrogen and oxygen atoms in total. The summed E-state index contributed by atoms with van der Waals surface area (Å²) in [6, 6.07) is 9.07. The smallest absolute Gasteiger partial charge is 0.303 e. The Morgan fingerprint density at radius 1 is 1.25 bits per heavy atom. The number of carbonyl (C=O) groups excluding carboxylic acids is 1. The van der Waals surface area contributed by atoms with Gasteiger partial charge in [0.25, 0.3) is 0 Å². The zero-order chi connectivity index (χ0) is 19.7. The summed E-state index contributed by atoms with van der Waals surface area (Å²) in [6.07, 6.45) is 3.41. The van der Waals surface area contributed by atoms with Crippen LogP contribution >= 0.6 is 11.6 Å². The van der Waals surface area contributed by atoms with Crippen molar-refractivity contribution in [1.29, 1.82) is 0 Å². The number of H-pyrrole nitrogens is 2. The molecule has 3 aromatic heterocycles. The predicted octanol–water partition coefficient (Wildman–Crippen LogP) is 3.50. The van der Waals surface area contributed by atoms with Crippen LogP contribution in [0.3, 0.4) is 0 Å². The van der Waals surface area contributed by atoms with Gasteiger partial charge in [-0.05, 0) is 30.3 Å². The van der Waals surface area contributed by atoms with Crippen LogP contribution in [-0.2, 0) is 4.79 Å². The van der Waals surface area contributed by atoms with Gasteiger partial charge in [-0.25, -0.2) is 15.0 Å². The fraction of sp³-hybridized carbons (Fsp3) is 0.105. The molecule has 3 heterocycles. The SMILES string of the molecule is CC(=O)Nc1ccc(Nc2ncccc2-c2nc(C)nc3[nH+]c[nH]c23)cc1Cl. The van der Waals surface area contributed by atoms with Gasteiger partial charge in [0.1, 0.15) is 11.5 Å². The van der Waals surface area contributed by atoms with E-state index in [-0.39, 0.29) is 5.91 Å². The zero-order valence-electron chi connectivity index (χ0n) is 15.2. The van der Waals surface area contributed by atoms with E-state index in [4.69, 9.17) is 11.6 Å². The summed E-state index contributed by atoms with van der Waals surface area (Å²) >= 11 is 6.28.